The van der Waals surface area contributed by atoms with Crippen LogP contribution in [0.3, 0.4) is 0 Å². The molecule has 1 saturated carbocycles. The number of pyridine rings is 1. The van der Waals surface area contributed by atoms with Crippen LogP contribution in [0.2, 0.25) is 0 Å². The fraction of sp³-hybridized carbons (Fsp3) is 0.222. The number of nitrogens with zero attached hydrogens (tertiary/aromatic N) is 5. The second-order valence-electron chi connectivity index (χ2n) is 9.26. The lowest BCUT2D eigenvalue weighted by Gasteiger charge is -2.28. The SMILES string of the molecule is N#C[C@H]1CC[C@H](n2c(-c3ccc(O)cc3F)nc3cnc4c(ccn4S(=O)(=O)c4ccccc4)c32)CC1. The van der Waals surface area contributed by atoms with Crippen molar-refractivity contribution in [1.82, 2.24) is 18.5 Å². The van der Waals surface area contributed by atoms with Crippen LogP contribution in [0.5, 0.6) is 5.75 Å². The minimum atomic E-state index is -3.90. The zero-order valence-electron chi connectivity index (χ0n) is 19.6. The molecule has 0 unspecified atom stereocenters. The maximum atomic E-state index is 15.0. The molecule has 10 heteroatoms. The summed E-state index contributed by atoms with van der Waals surface area (Å²) >= 11 is 0. The van der Waals surface area contributed by atoms with Gasteiger partial charge in [0, 0.05) is 29.6 Å². The summed E-state index contributed by atoms with van der Waals surface area (Å²) < 4.78 is 45.0. The Morgan fingerprint density at radius 2 is 1.81 bits per heavy atom. The fourth-order valence-electron chi connectivity index (χ4n) is 5.24. The molecule has 0 aliphatic heterocycles. The van der Waals surface area contributed by atoms with Crippen LogP contribution in [0.25, 0.3) is 33.5 Å². The highest BCUT2D eigenvalue weighted by molar-refractivity contribution is 7.90. The maximum Gasteiger partial charge on any atom is 0.269 e. The monoisotopic (exact) mass is 515 g/mol. The molecule has 0 spiro atoms. The molecule has 2 aromatic carbocycles. The summed E-state index contributed by atoms with van der Waals surface area (Å²) in [7, 11) is -3.90. The molecule has 1 N–H and O–H groups in total. The molecule has 186 valence electrons. The van der Waals surface area contributed by atoms with Gasteiger partial charge in [0.25, 0.3) is 10.0 Å². The summed E-state index contributed by atoms with van der Waals surface area (Å²) in [6, 6.07) is 16.0. The van der Waals surface area contributed by atoms with Crippen molar-refractivity contribution < 1.29 is 17.9 Å². The molecule has 37 heavy (non-hydrogen) atoms. The number of aromatic hydroxyl groups is 1. The summed E-state index contributed by atoms with van der Waals surface area (Å²) in [5.41, 5.74) is 1.64. The van der Waals surface area contributed by atoms with Crippen LogP contribution in [0, 0.1) is 23.1 Å². The summed E-state index contributed by atoms with van der Waals surface area (Å²) in [5.74, 6) is -0.457. The number of phenolic OH excluding ortho intramolecular Hbond substituents is 1. The Hall–Kier alpha value is -4.23. The molecule has 1 fully saturated rings. The van der Waals surface area contributed by atoms with Crippen LogP contribution in [0.1, 0.15) is 31.7 Å². The van der Waals surface area contributed by atoms with Crippen LogP contribution in [0.4, 0.5) is 4.39 Å². The number of aromatic nitrogens is 4. The van der Waals surface area contributed by atoms with Crippen molar-refractivity contribution in [3.05, 3.63) is 72.8 Å². The van der Waals surface area contributed by atoms with Crippen LogP contribution in [-0.2, 0) is 10.0 Å². The van der Waals surface area contributed by atoms with Crippen molar-refractivity contribution in [1.29, 1.82) is 5.26 Å². The van der Waals surface area contributed by atoms with E-state index < -0.39 is 15.8 Å². The lowest BCUT2D eigenvalue weighted by Crippen LogP contribution is -2.18. The third-order valence-electron chi connectivity index (χ3n) is 7.07. The molecule has 5 aromatic rings. The third-order valence-corrected chi connectivity index (χ3v) is 8.75. The number of phenols is 1. The second kappa shape index (κ2) is 8.71. The van der Waals surface area contributed by atoms with E-state index in [2.05, 4.69) is 11.1 Å². The van der Waals surface area contributed by atoms with Gasteiger partial charge in [0.15, 0.2) is 5.65 Å². The molecular formula is C27H22FN5O3S. The zero-order valence-corrected chi connectivity index (χ0v) is 20.4. The minimum absolute atomic E-state index is 0.0290. The highest BCUT2D eigenvalue weighted by atomic mass is 32.2. The lowest BCUT2D eigenvalue weighted by molar-refractivity contribution is 0.320. The first-order valence-corrected chi connectivity index (χ1v) is 13.4. The standard InChI is InChI=1S/C27H22FN5O3S/c28-23-14-19(34)10-11-21(23)27-31-24-16-30-26-22(25(24)33(27)18-8-6-17(15-29)7-9-18)12-13-32(26)37(35,36)20-4-2-1-3-5-20/h1-5,10-14,16-18,34H,6-9H2/t17-,18-. The molecule has 0 saturated heterocycles. The first kappa shape index (κ1) is 23.2. The molecule has 1 aliphatic rings. The Kier molecular flexibility index (Phi) is 5.46. The number of nitriles is 1. The number of hydrogen-bond donors (Lipinski definition) is 1. The van der Waals surface area contributed by atoms with Crippen LogP contribution >= 0.6 is 0 Å². The zero-order chi connectivity index (χ0) is 25.7. The lowest BCUT2D eigenvalue weighted by atomic mass is 9.86. The van der Waals surface area contributed by atoms with Gasteiger partial charge in [-0.1, -0.05) is 18.2 Å². The van der Waals surface area contributed by atoms with Gasteiger partial charge in [-0.25, -0.2) is 26.7 Å². The quantitative estimate of drug-likeness (QED) is 0.343. The molecule has 8 nitrogen and oxygen atoms in total. The number of hydrogen-bond acceptors (Lipinski definition) is 6. The van der Waals surface area contributed by atoms with Gasteiger partial charge >= 0.3 is 0 Å². The van der Waals surface area contributed by atoms with Gasteiger partial charge in [-0.2, -0.15) is 5.26 Å². The number of imidazole rings is 1. The number of fused-ring (bicyclic) bond motifs is 3. The van der Waals surface area contributed by atoms with Crippen molar-refractivity contribution in [2.45, 2.75) is 36.6 Å². The van der Waals surface area contributed by atoms with Gasteiger partial charge in [-0.05, 0) is 56.0 Å². The normalized spacial score (nSPS) is 18.3. The molecule has 0 bridgehead atoms. The van der Waals surface area contributed by atoms with Gasteiger partial charge in [0.2, 0.25) is 0 Å². The maximum absolute atomic E-state index is 15.0. The number of rotatable bonds is 4. The number of benzene rings is 2. The average molecular weight is 516 g/mol. The van der Waals surface area contributed by atoms with Gasteiger partial charge in [-0.15, -0.1) is 0 Å². The molecule has 0 atom stereocenters. The second-order valence-corrected chi connectivity index (χ2v) is 11.1. The topological polar surface area (TPSA) is 114 Å². The molecular weight excluding hydrogens is 493 g/mol. The Labute approximate surface area is 212 Å². The van der Waals surface area contributed by atoms with E-state index in [1.807, 2.05) is 4.57 Å². The summed E-state index contributed by atoms with van der Waals surface area (Å²) in [6.07, 6.45) is 5.79. The first-order chi connectivity index (χ1) is 17.9. The van der Waals surface area contributed by atoms with E-state index in [1.165, 1.54) is 36.7 Å². The van der Waals surface area contributed by atoms with Crippen molar-refractivity contribution >= 4 is 32.1 Å². The van der Waals surface area contributed by atoms with Crippen molar-refractivity contribution in [3.8, 4) is 23.2 Å². The van der Waals surface area contributed by atoms with E-state index in [0.717, 1.165) is 10.0 Å². The Bertz CT molecular complexity index is 1800. The van der Waals surface area contributed by atoms with Crippen molar-refractivity contribution in [3.63, 3.8) is 0 Å². The Balaban J connectivity index is 1.60. The molecule has 1 aliphatic carbocycles. The van der Waals surface area contributed by atoms with Gasteiger partial charge in [-0.3, -0.25) is 0 Å². The van der Waals surface area contributed by atoms with Crippen LogP contribution in [0.15, 0.2) is 71.9 Å². The van der Waals surface area contributed by atoms with Crippen LogP contribution < -0.4 is 0 Å². The fourth-order valence-corrected chi connectivity index (χ4v) is 6.56. The summed E-state index contributed by atoms with van der Waals surface area (Å²) in [6.45, 7) is 0. The predicted molar refractivity (Wildman–Crippen MR) is 136 cm³/mol. The van der Waals surface area contributed by atoms with Gasteiger partial charge in [0.1, 0.15) is 22.9 Å². The predicted octanol–water partition coefficient (Wildman–Crippen LogP) is 5.39. The van der Waals surface area contributed by atoms with E-state index >= 15 is 4.39 Å². The molecule has 6 rings (SSSR count). The van der Waals surface area contributed by atoms with E-state index in [0.29, 0.717) is 47.9 Å². The largest absolute Gasteiger partial charge is 0.508 e. The highest BCUT2D eigenvalue weighted by Gasteiger charge is 2.29. The molecule has 3 heterocycles. The number of halogens is 1. The average Bonchev–Trinajstić information content (AvgIpc) is 3.51. The van der Waals surface area contributed by atoms with Crippen molar-refractivity contribution in [2.75, 3.05) is 0 Å². The van der Waals surface area contributed by atoms with Crippen LogP contribution in [-0.4, -0.2) is 32.0 Å². The molecule has 0 amide bonds. The Morgan fingerprint density at radius 1 is 1.05 bits per heavy atom. The molecule has 3 aromatic heterocycles. The Morgan fingerprint density at radius 3 is 2.51 bits per heavy atom. The highest BCUT2D eigenvalue weighted by Crippen LogP contribution is 2.40. The van der Waals surface area contributed by atoms with Gasteiger partial charge in [0.05, 0.1) is 28.2 Å². The van der Waals surface area contributed by atoms with Gasteiger partial charge < -0.3 is 9.67 Å². The van der Waals surface area contributed by atoms with Crippen molar-refractivity contribution in [2.24, 2.45) is 5.92 Å². The summed E-state index contributed by atoms with van der Waals surface area (Å²) in [4.78, 5) is 9.31. The first-order valence-electron chi connectivity index (χ1n) is 12.0. The smallest absolute Gasteiger partial charge is 0.269 e. The summed E-state index contributed by atoms with van der Waals surface area (Å²) in [5, 5.41) is 19.7. The van der Waals surface area contributed by atoms with E-state index in [4.69, 9.17) is 4.98 Å². The van der Waals surface area contributed by atoms with E-state index in [9.17, 15) is 18.8 Å². The molecule has 0 radical (unpaired) electrons. The van der Waals surface area contributed by atoms with E-state index in [1.54, 1.807) is 24.3 Å². The minimum Gasteiger partial charge on any atom is -0.508 e. The third kappa shape index (κ3) is 3.74. The van der Waals surface area contributed by atoms with E-state index in [-0.39, 0.29) is 33.8 Å².